The van der Waals surface area contributed by atoms with Gasteiger partial charge >= 0.3 is 0 Å². The number of nitrogens with one attached hydrogen (secondary N) is 1. The molecule has 0 saturated carbocycles. The Balaban J connectivity index is 2.39. The third-order valence-corrected chi connectivity index (χ3v) is 3.58. The molecule has 1 rings (SSSR count). The van der Waals surface area contributed by atoms with Crippen molar-refractivity contribution >= 4 is 11.6 Å². The molecule has 0 aromatic heterocycles. The summed E-state index contributed by atoms with van der Waals surface area (Å²) in [6.45, 7) is 5.25. The number of para-hydroxylation sites is 1. The number of hydrogen-bond donors (Lipinski definition) is 1. The average Bonchev–Trinajstić information content (AvgIpc) is 2.46. The Morgan fingerprint density at radius 3 is 2.80 bits per heavy atom. The van der Waals surface area contributed by atoms with Crippen molar-refractivity contribution in [1.29, 1.82) is 5.26 Å². The van der Waals surface area contributed by atoms with Crippen LogP contribution < -0.4 is 5.32 Å². The number of amides is 1. The van der Waals surface area contributed by atoms with E-state index in [1.165, 1.54) is 0 Å². The highest BCUT2D eigenvalue weighted by atomic mass is 16.1. The lowest BCUT2D eigenvalue weighted by Crippen LogP contribution is -2.29. The van der Waals surface area contributed by atoms with Gasteiger partial charge in [-0.2, -0.15) is 5.26 Å². The van der Waals surface area contributed by atoms with Crippen LogP contribution in [-0.2, 0) is 4.79 Å². The first-order valence-corrected chi connectivity index (χ1v) is 7.07. The predicted octanol–water partition coefficient (Wildman–Crippen LogP) is 3.01. The van der Waals surface area contributed by atoms with Crippen LogP contribution in [0.15, 0.2) is 24.3 Å². The molecule has 1 aromatic rings. The summed E-state index contributed by atoms with van der Waals surface area (Å²) in [7, 11) is 2.08. The molecule has 1 amide bonds. The van der Waals surface area contributed by atoms with Crippen molar-refractivity contribution in [2.24, 2.45) is 0 Å². The number of nitriles is 1. The van der Waals surface area contributed by atoms with E-state index in [0.29, 0.717) is 23.7 Å². The zero-order valence-corrected chi connectivity index (χ0v) is 12.5. The molecule has 108 valence electrons. The fourth-order valence-electron chi connectivity index (χ4n) is 1.92. The second-order valence-electron chi connectivity index (χ2n) is 5.05. The first kappa shape index (κ1) is 16.2. The maximum Gasteiger partial charge on any atom is 0.224 e. The molecule has 0 saturated heterocycles. The fourth-order valence-corrected chi connectivity index (χ4v) is 1.92. The second kappa shape index (κ2) is 8.34. The molecule has 0 bridgehead atoms. The van der Waals surface area contributed by atoms with Crippen molar-refractivity contribution in [3.63, 3.8) is 0 Å². The number of carbonyl (C=O) groups excluding carboxylic acids is 1. The fraction of sp³-hybridized carbons (Fsp3) is 0.500. The van der Waals surface area contributed by atoms with Crippen LogP contribution in [0.25, 0.3) is 0 Å². The van der Waals surface area contributed by atoms with Gasteiger partial charge in [-0.15, -0.1) is 0 Å². The molecule has 1 aromatic carbocycles. The molecule has 1 unspecified atom stereocenters. The van der Waals surface area contributed by atoms with Gasteiger partial charge in [0.15, 0.2) is 0 Å². The van der Waals surface area contributed by atoms with Gasteiger partial charge in [-0.05, 0) is 45.5 Å². The first-order chi connectivity index (χ1) is 9.58. The second-order valence-corrected chi connectivity index (χ2v) is 5.05. The van der Waals surface area contributed by atoms with E-state index < -0.39 is 0 Å². The summed E-state index contributed by atoms with van der Waals surface area (Å²) in [6, 6.07) is 9.67. The van der Waals surface area contributed by atoms with Gasteiger partial charge in [0.1, 0.15) is 6.07 Å². The molecule has 0 aliphatic rings. The number of anilines is 1. The molecule has 1 N–H and O–H groups in total. The van der Waals surface area contributed by atoms with Crippen molar-refractivity contribution < 1.29 is 4.79 Å². The molecule has 0 heterocycles. The minimum absolute atomic E-state index is 0.0368. The van der Waals surface area contributed by atoms with Crippen molar-refractivity contribution in [2.45, 2.75) is 39.2 Å². The number of carbonyl (C=O) groups is 1. The Bertz CT molecular complexity index is 479. The molecule has 1 atom stereocenters. The zero-order valence-electron chi connectivity index (χ0n) is 12.5. The first-order valence-electron chi connectivity index (χ1n) is 7.07. The molecule has 0 aliphatic heterocycles. The third kappa shape index (κ3) is 5.02. The summed E-state index contributed by atoms with van der Waals surface area (Å²) in [5.41, 5.74) is 1.09. The summed E-state index contributed by atoms with van der Waals surface area (Å²) in [5, 5.41) is 11.8. The minimum Gasteiger partial charge on any atom is -0.325 e. The molecule has 0 aliphatic carbocycles. The van der Waals surface area contributed by atoms with Crippen LogP contribution in [-0.4, -0.2) is 30.4 Å². The lowest BCUT2D eigenvalue weighted by atomic mass is 10.2. The van der Waals surface area contributed by atoms with Gasteiger partial charge in [0.2, 0.25) is 5.91 Å². The van der Waals surface area contributed by atoms with Gasteiger partial charge in [0, 0.05) is 12.5 Å². The SMILES string of the molecule is CCC(C)N(C)CCCC(=O)Nc1ccccc1C#N. The topological polar surface area (TPSA) is 56.1 Å². The van der Waals surface area contributed by atoms with Gasteiger partial charge in [0.25, 0.3) is 0 Å². The summed E-state index contributed by atoms with van der Waals surface area (Å²) in [5.74, 6) is -0.0368. The van der Waals surface area contributed by atoms with Gasteiger partial charge in [-0.1, -0.05) is 19.1 Å². The van der Waals surface area contributed by atoms with Gasteiger partial charge in [-0.3, -0.25) is 4.79 Å². The Kier molecular flexibility index (Phi) is 6.75. The summed E-state index contributed by atoms with van der Waals surface area (Å²) in [6.07, 6.45) is 2.40. The van der Waals surface area contributed by atoms with E-state index in [9.17, 15) is 4.79 Å². The summed E-state index contributed by atoms with van der Waals surface area (Å²) in [4.78, 5) is 14.1. The van der Waals surface area contributed by atoms with Gasteiger partial charge in [-0.25, -0.2) is 0 Å². The van der Waals surface area contributed by atoms with Crippen LogP contribution in [0.5, 0.6) is 0 Å². The van der Waals surface area contributed by atoms with Crippen molar-refractivity contribution in [3.8, 4) is 6.07 Å². The lowest BCUT2D eigenvalue weighted by Gasteiger charge is -2.23. The number of rotatable bonds is 7. The van der Waals surface area contributed by atoms with Crippen molar-refractivity contribution in [1.82, 2.24) is 4.90 Å². The van der Waals surface area contributed by atoms with E-state index in [1.807, 2.05) is 6.07 Å². The van der Waals surface area contributed by atoms with Crippen LogP contribution in [0.1, 0.15) is 38.7 Å². The Hall–Kier alpha value is -1.86. The van der Waals surface area contributed by atoms with Gasteiger partial charge in [0.05, 0.1) is 11.3 Å². The van der Waals surface area contributed by atoms with E-state index in [2.05, 4.69) is 37.2 Å². The average molecular weight is 273 g/mol. The lowest BCUT2D eigenvalue weighted by molar-refractivity contribution is -0.116. The van der Waals surface area contributed by atoms with E-state index in [1.54, 1.807) is 18.2 Å². The Morgan fingerprint density at radius 1 is 1.45 bits per heavy atom. The van der Waals surface area contributed by atoms with Crippen molar-refractivity contribution in [2.75, 3.05) is 18.9 Å². The normalized spacial score (nSPS) is 11.9. The van der Waals surface area contributed by atoms with Crippen LogP contribution in [0, 0.1) is 11.3 Å². The molecule has 0 spiro atoms. The molecular weight excluding hydrogens is 250 g/mol. The highest BCUT2D eigenvalue weighted by molar-refractivity contribution is 5.92. The molecule has 4 nitrogen and oxygen atoms in total. The largest absolute Gasteiger partial charge is 0.325 e. The van der Waals surface area contributed by atoms with Crippen LogP contribution in [0.3, 0.4) is 0 Å². The number of nitrogens with zero attached hydrogens (tertiary/aromatic N) is 2. The highest BCUT2D eigenvalue weighted by Gasteiger charge is 2.09. The predicted molar refractivity (Wildman–Crippen MR) is 81.4 cm³/mol. The standard InChI is InChI=1S/C16H23N3O/c1-4-13(2)19(3)11-7-10-16(20)18-15-9-6-5-8-14(15)12-17/h5-6,8-9,13H,4,7,10-11H2,1-3H3,(H,18,20). The molecule has 20 heavy (non-hydrogen) atoms. The van der Waals surface area contributed by atoms with E-state index >= 15 is 0 Å². The van der Waals surface area contributed by atoms with Gasteiger partial charge < -0.3 is 10.2 Å². The van der Waals surface area contributed by atoms with Crippen LogP contribution >= 0.6 is 0 Å². The molecule has 4 heteroatoms. The van der Waals surface area contributed by atoms with Crippen LogP contribution in [0.2, 0.25) is 0 Å². The van der Waals surface area contributed by atoms with Crippen LogP contribution in [0.4, 0.5) is 5.69 Å². The highest BCUT2D eigenvalue weighted by Crippen LogP contribution is 2.14. The maximum absolute atomic E-state index is 11.9. The maximum atomic E-state index is 11.9. The molecule has 0 radical (unpaired) electrons. The number of hydrogen-bond acceptors (Lipinski definition) is 3. The van der Waals surface area contributed by atoms with E-state index in [0.717, 1.165) is 19.4 Å². The smallest absolute Gasteiger partial charge is 0.224 e. The Morgan fingerprint density at radius 2 is 2.15 bits per heavy atom. The number of benzene rings is 1. The van der Waals surface area contributed by atoms with E-state index in [-0.39, 0.29) is 5.91 Å². The third-order valence-electron chi connectivity index (χ3n) is 3.58. The summed E-state index contributed by atoms with van der Waals surface area (Å²) < 4.78 is 0. The zero-order chi connectivity index (χ0) is 15.0. The Labute approximate surface area is 121 Å². The quantitative estimate of drug-likeness (QED) is 0.831. The molecular formula is C16H23N3O. The summed E-state index contributed by atoms with van der Waals surface area (Å²) >= 11 is 0. The van der Waals surface area contributed by atoms with E-state index in [4.69, 9.17) is 5.26 Å². The molecule has 0 fully saturated rings. The minimum atomic E-state index is -0.0368. The van der Waals surface area contributed by atoms with Crippen molar-refractivity contribution in [3.05, 3.63) is 29.8 Å². The monoisotopic (exact) mass is 273 g/mol.